The lowest BCUT2D eigenvalue weighted by Gasteiger charge is -2.14. The molecule has 2 aromatic heterocycles. The second-order valence-electron chi connectivity index (χ2n) is 5.45. The monoisotopic (exact) mass is 325 g/mol. The Morgan fingerprint density at radius 2 is 2.04 bits per heavy atom. The molecule has 0 aliphatic heterocycles. The minimum Gasteiger partial charge on any atom is -0.350 e. The lowest BCUT2D eigenvalue weighted by molar-refractivity contribution is -0.124. The molecule has 0 radical (unpaired) electrons. The van der Waals surface area contributed by atoms with Crippen molar-refractivity contribution in [3.63, 3.8) is 0 Å². The van der Waals surface area contributed by atoms with E-state index in [0.29, 0.717) is 12.2 Å². The molecule has 1 unspecified atom stereocenters. The van der Waals surface area contributed by atoms with Gasteiger partial charge in [0.15, 0.2) is 0 Å². The molecule has 126 valence electrons. The Kier molecular flexibility index (Phi) is 5.12. The predicted molar refractivity (Wildman–Crippen MR) is 81.1 cm³/mol. The van der Waals surface area contributed by atoms with Gasteiger partial charge in [-0.2, -0.15) is 10.2 Å². The van der Waals surface area contributed by atoms with Gasteiger partial charge in [0.2, 0.25) is 5.91 Å². The maximum atomic E-state index is 12.7. The number of aromatic nitrogens is 4. The van der Waals surface area contributed by atoms with E-state index in [-0.39, 0.29) is 11.6 Å². The molecule has 0 saturated carbocycles. The molecule has 2 heterocycles. The van der Waals surface area contributed by atoms with Crippen LogP contribution in [0, 0.1) is 13.8 Å². The average molecular weight is 325 g/mol. The summed E-state index contributed by atoms with van der Waals surface area (Å²) < 4.78 is 28.5. The number of aryl methyl sites for hydroxylation is 3. The number of nitrogens with one attached hydrogen (secondary N) is 1. The van der Waals surface area contributed by atoms with Crippen molar-refractivity contribution in [2.45, 2.75) is 53.3 Å². The van der Waals surface area contributed by atoms with Gasteiger partial charge in [-0.3, -0.25) is 14.2 Å². The number of rotatable bonds is 6. The summed E-state index contributed by atoms with van der Waals surface area (Å²) >= 11 is 0. The van der Waals surface area contributed by atoms with E-state index in [2.05, 4.69) is 15.5 Å². The summed E-state index contributed by atoms with van der Waals surface area (Å²) in [6, 6.07) is 0.633. The van der Waals surface area contributed by atoms with Gasteiger partial charge in [0.1, 0.15) is 11.7 Å². The number of halogens is 2. The Morgan fingerprint density at radius 1 is 1.35 bits per heavy atom. The van der Waals surface area contributed by atoms with Crippen molar-refractivity contribution in [2.24, 2.45) is 0 Å². The topological polar surface area (TPSA) is 64.7 Å². The maximum absolute atomic E-state index is 12.7. The van der Waals surface area contributed by atoms with Gasteiger partial charge in [0.05, 0.1) is 5.69 Å². The Hall–Kier alpha value is -2.25. The lowest BCUT2D eigenvalue weighted by Crippen LogP contribution is -2.31. The Balaban J connectivity index is 2.03. The average Bonchev–Trinajstić information content (AvgIpc) is 3.07. The summed E-state index contributed by atoms with van der Waals surface area (Å²) in [7, 11) is 0. The van der Waals surface area contributed by atoms with Crippen molar-refractivity contribution in [1.29, 1.82) is 0 Å². The van der Waals surface area contributed by atoms with Gasteiger partial charge in [-0.05, 0) is 33.8 Å². The SMILES string of the molecule is CCn1cc(CNC(=O)C(C)n2nc(C(F)F)cc2C)c(C)n1. The largest absolute Gasteiger partial charge is 0.350 e. The first kappa shape index (κ1) is 17.1. The quantitative estimate of drug-likeness (QED) is 0.887. The van der Waals surface area contributed by atoms with Crippen LogP contribution in [0.15, 0.2) is 12.3 Å². The van der Waals surface area contributed by atoms with Crippen LogP contribution in [0.2, 0.25) is 0 Å². The molecule has 0 saturated heterocycles. The van der Waals surface area contributed by atoms with Gasteiger partial charge < -0.3 is 5.32 Å². The van der Waals surface area contributed by atoms with Crippen LogP contribution in [-0.2, 0) is 17.9 Å². The van der Waals surface area contributed by atoms with Crippen LogP contribution >= 0.6 is 0 Å². The summed E-state index contributed by atoms with van der Waals surface area (Å²) in [6.07, 6.45) is -0.762. The highest BCUT2D eigenvalue weighted by molar-refractivity contribution is 5.79. The van der Waals surface area contributed by atoms with E-state index in [1.807, 2.05) is 20.0 Å². The van der Waals surface area contributed by atoms with Crippen LogP contribution in [0.4, 0.5) is 8.78 Å². The summed E-state index contributed by atoms with van der Waals surface area (Å²) in [5.41, 5.74) is 1.99. The van der Waals surface area contributed by atoms with Gasteiger partial charge in [0.25, 0.3) is 6.43 Å². The van der Waals surface area contributed by atoms with Crippen molar-refractivity contribution >= 4 is 5.91 Å². The Bertz CT molecular complexity index is 692. The van der Waals surface area contributed by atoms with Gasteiger partial charge in [-0.25, -0.2) is 8.78 Å². The van der Waals surface area contributed by atoms with Crippen LogP contribution in [0.3, 0.4) is 0 Å². The van der Waals surface area contributed by atoms with Crippen LogP contribution in [0.1, 0.15) is 49.0 Å². The normalized spacial score (nSPS) is 12.7. The number of hydrogen-bond acceptors (Lipinski definition) is 3. The molecule has 0 aromatic carbocycles. The van der Waals surface area contributed by atoms with E-state index in [4.69, 9.17) is 0 Å². The number of alkyl halides is 2. The van der Waals surface area contributed by atoms with E-state index in [1.165, 1.54) is 10.7 Å². The highest BCUT2D eigenvalue weighted by Crippen LogP contribution is 2.20. The summed E-state index contributed by atoms with van der Waals surface area (Å²) in [5.74, 6) is -0.277. The predicted octanol–water partition coefficient (Wildman–Crippen LogP) is 2.53. The van der Waals surface area contributed by atoms with E-state index in [9.17, 15) is 13.6 Å². The molecule has 2 aromatic rings. The second-order valence-corrected chi connectivity index (χ2v) is 5.45. The molecule has 1 amide bonds. The van der Waals surface area contributed by atoms with E-state index in [1.54, 1.807) is 18.5 Å². The Morgan fingerprint density at radius 3 is 2.57 bits per heavy atom. The maximum Gasteiger partial charge on any atom is 0.282 e. The minimum absolute atomic E-state index is 0.277. The minimum atomic E-state index is -2.65. The summed E-state index contributed by atoms with van der Waals surface area (Å²) in [5, 5.41) is 10.9. The van der Waals surface area contributed by atoms with Crippen LogP contribution in [-0.4, -0.2) is 25.5 Å². The van der Waals surface area contributed by atoms with Crippen molar-refractivity contribution in [2.75, 3.05) is 0 Å². The lowest BCUT2D eigenvalue weighted by atomic mass is 10.2. The third-order valence-electron chi connectivity index (χ3n) is 3.74. The standard InChI is InChI=1S/C15H21F2N5O/c1-5-21-8-12(10(3)19-21)7-18-15(23)11(4)22-9(2)6-13(20-22)14(16)17/h6,8,11,14H,5,7H2,1-4H3,(H,18,23). The van der Waals surface area contributed by atoms with Crippen molar-refractivity contribution in [3.8, 4) is 0 Å². The number of amides is 1. The zero-order chi connectivity index (χ0) is 17.1. The molecule has 2 rings (SSSR count). The van der Waals surface area contributed by atoms with Crippen molar-refractivity contribution in [1.82, 2.24) is 24.9 Å². The first-order valence-corrected chi connectivity index (χ1v) is 7.48. The molecule has 23 heavy (non-hydrogen) atoms. The molecule has 1 N–H and O–H groups in total. The fraction of sp³-hybridized carbons (Fsp3) is 0.533. The van der Waals surface area contributed by atoms with Gasteiger partial charge in [-0.1, -0.05) is 0 Å². The molecule has 8 heteroatoms. The third kappa shape index (κ3) is 3.75. The molecule has 0 spiro atoms. The number of carbonyl (C=O) groups is 1. The van der Waals surface area contributed by atoms with Crippen molar-refractivity contribution in [3.05, 3.63) is 34.9 Å². The zero-order valence-electron chi connectivity index (χ0n) is 13.7. The van der Waals surface area contributed by atoms with Crippen LogP contribution in [0.5, 0.6) is 0 Å². The molecule has 0 aliphatic rings. The van der Waals surface area contributed by atoms with Crippen molar-refractivity contribution < 1.29 is 13.6 Å². The van der Waals surface area contributed by atoms with E-state index < -0.39 is 12.5 Å². The summed E-state index contributed by atoms with van der Waals surface area (Å²) in [6.45, 7) is 8.25. The fourth-order valence-electron chi connectivity index (χ4n) is 2.35. The number of carbonyl (C=O) groups excluding carboxylic acids is 1. The number of nitrogens with zero attached hydrogens (tertiary/aromatic N) is 4. The van der Waals surface area contributed by atoms with Gasteiger partial charge in [0, 0.05) is 30.5 Å². The van der Waals surface area contributed by atoms with Crippen LogP contribution in [0.25, 0.3) is 0 Å². The zero-order valence-corrected chi connectivity index (χ0v) is 13.7. The third-order valence-corrected chi connectivity index (χ3v) is 3.74. The highest BCUT2D eigenvalue weighted by atomic mass is 19.3. The molecule has 6 nitrogen and oxygen atoms in total. The Labute approximate surface area is 133 Å². The van der Waals surface area contributed by atoms with E-state index >= 15 is 0 Å². The fourth-order valence-corrected chi connectivity index (χ4v) is 2.35. The van der Waals surface area contributed by atoms with Gasteiger partial charge >= 0.3 is 0 Å². The second kappa shape index (κ2) is 6.89. The smallest absolute Gasteiger partial charge is 0.282 e. The molecule has 0 bridgehead atoms. The van der Waals surface area contributed by atoms with Gasteiger partial charge in [-0.15, -0.1) is 0 Å². The molecular formula is C15H21F2N5O. The summed E-state index contributed by atoms with van der Waals surface area (Å²) in [4.78, 5) is 12.2. The molecular weight excluding hydrogens is 304 g/mol. The van der Waals surface area contributed by atoms with Crippen LogP contribution < -0.4 is 5.32 Å². The number of hydrogen-bond donors (Lipinski definition) is 1. The molecule has 1 atom stereocenters. The highest BCUT2D eigenvalue weighted by Gasteiger charge is 2.21. The first-order chi connectivity index (χ1) is 10.8. The van der Waals surface area contributed by atoms with E-state index in [0.717, 1.165) is 17.8 Å². The molecule has 0 fully saturated rings. The first-order valence-electron chi connectivity index (χ1n) is 7.48. The molecule has 0 aliphatic carbocycles.